The lowest BCUT2D eigenvalue weighted by Gasteiger charge is -2.01. The van der Waals surface area contributed by atoms with Gasteiger partial charge in [0.25, 0.3) is 5.91 Å². The highest BCUT2D eigenvalue weighted by Crippen LogP contribution is 2.36. The largest absolute Gasteiger partial charge is 0.454 e. The minimum atomic E-state index is -0.391. The van der Waals surface area contributed by atoms with Gasteiger partial charge in [0.15, 0.2) is 17.2 Å². The van der Waals surface area contributed by atoms with Crippen LogP contribution in [0.3, 0.4) is 0 Å². The standard InChI is InChI=1S/C13H10ClIN4O3/c1-19-5-9(15)12(18-19)13(20)17-16-4-7-2-10-11(3-8(7)14)22-6-21-10/h2-5H,6H2,1H3,(H,17,20)/b16-4+. The summed E-state index contributed by atoms with van der Waals surface area (Å²) < 4.78 is 12.8. The molecule has 0 unspecified atom stereocenters. The number of fused-ring (bicyclic) bond motifs is 1. The Morgan fingerprint density at radius 2 is 2.23 bits per heavy atom. The molecule has 1 aromatic heterocycles. The molecule has 0 atom stereocenters. The summed E-state index contributed by atoms with van der Waals surface area (Å²) >= 11 is 8.15. The van der Waals surface area contributed by atoms with Gasteiger partial charge in [0.1, 0.15) is 0 Å². The van der Waals surface area contributed by atoms with E-state index in [2.05, 4.69) is 15.6 Å². The first-order chi connectivity index (χ1) is 10.5. The number of nitrogens with one attached hydrogen (secondary N) is 1. The van der Waals surface area contributed by atoms with Crippen molar-refractivity contribution in [3.05, 3.63) is 38.2 Å². The van der Waals surface area contributed by atoms with E-state index in [1.807, 2.05) is 22.6 Å². The Morgan fingerprint density at radius 3 is 2.91 bits per heavy atom. The predicted octanol–water partition coefficient (Wildman–Crippen LogP) is 2.17. The summed E-state index contributed by atoms with van der Waals surface area (Å²) in [6.45, 7) is 0.168. The van der Waals surface area contributed by atoms with Crippen LogP contribution in [-0.4, -0.2) is 28.7 Å². The Kier molecular flexibility index (Phi) is 4.21. The van der Waals surface area contributed by atoms with E-state index in [-0.39, 0.29) is 6.79 Å². The summed E-state index contributed by atoms with van der Waals surface area (Å²) in [4.78, 5) is 12.0. The highest BCUT2D eigenvalue weighted by Gasteiger charge is 2.16. The normalized spacial score (nSPS) is 12.9. The van der Waals surface area contributed by atoms with Crippen molar-refractivity contribution >= 4 is 46.3 Å². The number of aryl methyl sites for hydroxylation is 1. The van der Waals surface area contributed by atoms with E-state index in [1.54, 1.807) is 30.1 Å². The molecule has 7 nitrogen and oxygen atoms in total. The molecule has 114 valence electrons. The molecular formula is C13H10ClIN4O3. The summed E-state index contributed by atoms with van der Waals surface area (Å²) in [6.07, 6.45) is 3.19. The molecule has 0 saturated carbocycles. The van der Waals surface area contributed by atoms with Crippen LogP contribution in [0.4, 0.5) is 0 Å². The van der Waals surface area contributed by atoms with E-state index in [4.69, 9.17) is 21.1 Å². The Morgan fingerprint density at radius 1 is 1.50 bits per heavy atom. The number of rotatable bonds is 3. The topological polar surface area (TPSA) is 77.7 Å². The second kappa shape index (κ2) is 6.13. The fourth-order valence-electron chi connectivity index (χ4n) is 1.86. The van der Waals surface area contributed by atoms with Gasteiger partial charge < -0.3 is 9.47 Å². The number of halogens is 2. The monoisotopic (exact) mass is 432 g/mol. The molecule has 1 amide bonds. The summed E-state index contributed by atoms with van der Waals surface area (Å²) in [5.41, 5.74) is 3.35. The smallest absolute Gasteiger partial charge is 0.292 e. The van der Waals surface area contributed by atoms with Crippen molar-refractivity contribution < 1.29 is 14.3 Å². The number of carbonyl (C=O) groups is 1. The van der Waals surface area contributed by atoms with Gasteiger partial charge in [-0.15, -0.1) is 0 Å². The van der Waals surface area contributed by atoms with Crippen molar-refractivity contribution in [2.75, 3.05) is 6.79 Å². The van der Waals surface area contributed by atoms with Crippen molar-refractivity contribution in [3.8, 4) is 11.5 Å². The highest BCUT2D eigenvalue weighted by atomic mass is 127. The first-order valence-corrected chi connectivity index (χ1v) is 7.62. The number of carbonyl (C=O) groups excluding carboxylic acids is 1. The van der Waals surface area contributed by atoms with Gasteiger partial charge in [-0.3, -0.25) is 9.48 Å². The molecule has 0 spiro atoms. The Bertz CT molecular complexity index is 775. The molecule has 1 aromatic carbocycles. The zero-order valence-corrected chi connectivity index (χ0v) is 14.3. The van der Waals surface area contributed by atoms with Gasteiger partial charge in [-0.1, -0.05) is 11.6 Å². The predicted molar refractivity (Wildman–Crippen MR) is 88.6 cm³/mol. The van der Waals surface area contributed by atoms with Gasteiger partial charge in [0, 0.05) is 24.9 Å². The second-order valence-electron chi connectivity index (χ2n) is 4.43. The van der Waals surface area contributed by atoms with Crippen LogP contribution in [0.2, 0.25) is 5.02 Å². The van der Waals surface area contributed by atoms with Crippen LogP contribution in [0.25, 0.3) is 0 Å². The van der Waals surface area contributed by atoms with Crippen LogP contribution in [-0.2, 0) is 7.05 Å². The molecule has 3 rings (SSSR count). The van der Waals surface area contributed by atoms with Gasteiger partial charge in [-0.05, 0) is 28.7 Å². The molecule has 1 aliphatic rings. The highest BCUT2D eigenvalue weighted by molar-refractivity contribution is 14.1. The minimum Gasteiger partial charge on any atom is -0.454 e. The number of ether oxygens (including phenoxy) is 2. The second-order valence-corrected chi connectivity index (χ2v) is 5.99. The molecule has 0 radical (unpaired) electrons. The summed E-state index contributed by atoms with van der Waals surface area (Å²) in [6, 6.07) is 3.35. The lowest BCUT2D eigenvalue weighted by atomic mass is 10.2. The summed E-state index contributed by atoms with van der Waals surface area (Å²) in [5.74, 6) is 0.795. The number of nitrogens with zero attached hydrogens (tertiary/aromatic N) is 3. The fourth-order valence-corrected chi connectivity index (χ4v) is 2.82. The van der Waals surface area contributed by atoms with E-state index in [1.165, 1.54) is 6.21 Å². The maximum absolute atomic E-state index is 12.0. The third kappa shape index (κ3) is 3.02. The van der Waals surface area contributed by atoms with E-state index in [9.17, 15) is 4.79 Å². The van der Waals surface area contributed by atoms with Gasteiger partial charge in [0.05, 0.1) is 14.8 Å². The Hall–Kier alpha value is -1.81. The fraction of sp³-hybridized carbons (Fsp3) is 0.154. The van der Waals surface area contributed by atoms with E-state index in [0.29, 0.717) is 27.8 Å². The third-order valence-corrected chi connectivity index (χ3v) is 3.98. The summed E-state index contributed by atoms with van der Waals surface area (Å²) in [5, 5.41) is 8.41. The number of amides is 1. The van der Waals surface area contributed by atoms with E-state index >= 15 is 0 Å². The molecule has 1 N–H and O–H groups in total. The molecule has 1 aliphatic heterocycles. The molecule has 9 heteroatoms. The first-order valence-electron chi connectivity index (χ1n) is 6.16. The maximum atomic E-state index is 12.0. The molecule has 2 aromatic rings. The Balaban J connectivity index is 1.72. The van der Waals surface area contributed by atoms with Crippen molar-refractivity contribution in [1.82, 2.24) is 15.2 Å². The SMILES string of the molecule is Cn1cc(I)c(C(=O)N/N=C/c2cc3c(cc2Cl)OCO3)n1. The van der Waals surface area contributed by atoms with E-state index < -0.39 is 5.91 Å². The third-order valence-electron chi connectivity index (χ3n) is 2.86. The van der Waals surface area contributed by atoms with Crippen molar-refractivity contribution in [2.24, 2.45) is 12.1 Å². The van der Waals surface area contributed by atoms with Gasteiger partial charge in [0.2, 0.25) is 6.79 Å². The molecule has 0 aliphatic carbocycles. The Labute approximate surface area is 144 Å². The molecule has 0 bridgehead atoms. The zero-order valence-electron chi connectivity index (χ0n) is 11.3. The molecular weight excluding hydrogens is 423 g/mol. The van der Waals surface area contributed by atoms with Crippen molar-refractivity contribution in [3.63, 3.8) is 0 Å². The lowest BCUT2D eigenvalue weighted by molar-refractivity contribution is 0.0948. The van der Waals surface area contributed by atoms with Crippen LogP contribution >= 0.6 is 34.2 Å². The molecule has 2 heterocycles. The average Bonchev–Trinajstić information content (AvgIpc) is 3.04. The van der Waals surface area contributed by atoms with Crippen LogP contribution in [0.15, 0.2) is 23.4 Å². The number of hydrogen-bond donors (Lipinski definition) is 1. The first kappa shape index (κ1) is 15.1. The molecule has 0 saturated heterocycles. The number of hydrogen-bond acceptors (Lipinski definition) is 5. The number of aromatic nitrogens is 2. The van der Waals surface area contributed by atoms with Gasteiger partial charge in [-0.25, -0.2) is 5.43 Å². The average molecular weight is 433 g/mol. The maximum Gasteiger partial charge on any atom is 0.292 e. The number of hydrazone groups is 1. The van der Waals surface area contributed by atoms with Crippen molar-refractivity contribution in [2.45, 2.75) is 0 Å². The quantitative estimate of drug-likeness (QED) is 0.458. The van der Waals surface area contributed by atoms with Crippen LogP contribution in [0.1, 0.15) is 16.1 Å². The molecule has 0 fully saturated rings. The van der Waals surface area contributed by atoms with Crippen LogP contribution in [0.5, 0.6) is 11.5 Å². The van der Waals surface area contributed by atoms with Crippen molar-refractivity contribution in [1.29, 1.82) is 0 Å². The van der Waals surface area contributed by atoms with Gasteiger partial charge >= 0.3 is 0 Å². The van der Waals surface area contributed by atoms with E-state index in [0.717, 1.165) is 3.57 Å². The van der Waals surface area contributed by atoms with Crippen LogP contribution in [0, 0.1) is 3.57 Å². The minimum absolute atomic E-state index is 0.168. The molecule has 22 heavy (non-hydrogen) atoms. The van der Waals surface area contributed by atoms with Crippen LogP contribution < -0.4 is 14.9 Å². The summed E-state index contributed by atoms with van der Waals surface area (Å²) in [7, 11) is 1.74. The zero-order chi connectivity index (χ0) is 15.7. The van der Waals surface area contributed by atoms with Gasteiger partial charge in [-0.2, -0.15) is 10.2 Å². The lowest BCUT2D eigenvalue weighted by Crippen LogP contribution is -2.19. The number of benzene rings is 1.